The van der Waals surface area contributed by atoms with Gasteiger partial charge in [-0.25, -0.2) is 14.8 Å². The number of hydrogen-bond donors (Lipinski definition) is 2. The van der Waals surface area contributed by atoms with E-state index in [0.29, 0.717) is 24.7 Å². The number of carbonyl (C=O) groups is 1. The fourth-order valence-corrected chi connectivity index (χ4v) is 4.04. The molecule has 36 heavy (non-hydrogen) atoms. The minimum atomic E-state index is -0.323. The van der Waals surface area contributed by atoms with Crippen molar-refractivity contribution in [2.24, 2.45) is 0 Å². The molecule has 1 amide bonds. The average Bonchev–Trinajstić information content (AvgIpc) is 2.89. The van der Waals surface area contributed by atoms with Gasteiger partial charge in [0.05, 0.1) is 24.4 Å². The second-order valence-corrected chi connectivity index (χ2v) is 8.43. The Kier molecular flexibility index (Phi) is 6.54. The van der Waals surface area contributed by atoms with E-state index in [1.54, 1.807) is 12.0 Å². The van der Waals surface area contributed by atoms with Crippen LogP contribution in [0.4, 0.5) is 22.0 Å². The van der Waals surface area contributed by atoms with Crippen LogP contribution in [-0.2, 0) is 11.3 Å². The Labute approximate surface area is 209 Å². The van der Waals surface area contributed by atoms with Gasteiger partial charge in [-0.15, -0.1) is 6.42 Å². The van der Waals surface area contributed by atoms with Crippen LogP contribution in [-0.4, -0.2) is 47.2 Å². The highest BCUT2D eigenvalue weighted by molar-refractivity contribution is 5.95. The summed E-state index contributed by atoms with van der Waals surface area (Å²) in [7, 11) is 1.62. The summed E-state index contributed by atoms with van der Waals surface area (Å²) < 4.78 is 11.0. The molecular weight excluding hydrogens is 454 g/mol. The number of nitrogens with zero attached hydrogens (tertiary/aromatic N) is 3. The smallest absolute Gasteiger partial charge is 0.410 e. The number of hydrogen-bond acceptors (Lipinski definition) is 7. The summed E-state index contributed by atoms with van der Waals surface area (Å²) in [5.74, 6) is 3.95. The van der Waals surface area contributed by atoms with E-state index < -0.39 is 0 Å². The monoisotopic (exact) mass is 479 g/mol. The summed E-state index contributed by atoms with van der Waals surface area (Å²) in [5, 5.41) is 7.63. The van der Waals surface area contributed by atoms with Crippen LogP contribution in [0.2, 0.25) is 0 Å². The highest BCUT2D eigenvalue weighted by atomic mass is 16.6. The predicted molar refractivity (Wildman–Crippen MR) is 139 cm³/mol. The molecule has 4 aromatic rings. The van der Waals surface area contributed by atoms with E-state index in [-0.39, 0.29) is 18.7 Å². The molecule has 0 saturated carbocycles. The van der Waals surface area contributed by atoms with Crippen LogP contribution in [0.25, 0.3) is 10.9 Å². The Morgan fingerprint density at radius 1 is 1.11 bits per heavy atom. The van der Waals surface area contributed by atoms with Crippen molar-refractivity contribution in [3.8, 4) is 18.1 Å². The number of anilines is 3. The van der Waals surface area contributed by atoms with Crippen molar-refractivity contribution < 1.29 is 14.3 Å². The van der Waals surface area contributed by atoms with Crippen molar-refractivity contribution in [3.05, 3.63) is 84.2 Å². The van der Waals surface area contributed by atoms with Gasteiger partial charge in [0.2, 0.25) is 0 Å². The molecule has 0 aliphatic carbocycles. The van der Waals surface area contributed by atoms with Crippen LogP contribution in [0.15, 0.2) is 73.1 Å². The summed E-state index contributed by atoms with van der Waals surface area (Å²) >= 11 is 0. The largest absolute Gasteiger partial charge is 0.495 e. The van der Waals surface area contributed by atoms with Gasteiger partial charge in [0.1, 0.15) is 24.5 Å². The number of methoxy groups -OCH3 is 1. The van der Waals surface area contributed by atoms with Gasteiger partial charge in [0.25, 0.3) is 0 Å². The van der Waals surface area contributed by atoms with Gasteiger partial charge in [-0.05, 0) is 29.8 Å². The molecule has 180 valence electrons. The minimum Gasteiger partial charge on any atom is -0.495 e. The van der Waals surface area contributed by atoms with E-state index in [2.05, 4.69) is 26.5 Å². The van der Waals surface area contributed by atoms with Crippen molar-refractivity contribution in [1.29, 1.82) is 0 Å². The quantitative estimate of drug-likeness (QED) is 0.368. The molecule has 0 atom stereocenters. The molecule has 0 bridgehead atoms. The lowest BCUT2D eigenvalue weighted by Gasteiger charge is -2.39. The van der Waals surface area contributed by atoms with Gasteiger partial charge in [0.15, 0.2) is 0 Å². The van der Waals surface area contributed by atoms with E-state index in [1.807, 2.05) is 66.7 Å². The number of terminal acetylenes is 1. The van der Waals surface area contributed by atoms with Crippen molar-refractivity contribution in [2.45, 2.75) is 12.6 Å². The van der Waals surface area contributed by atoms with Crippen LogP contribution in [0.3, 0.4) is 0 Å². The van der Waals surface area contributed by atoms with Gasteiger partial charge < -0.3 is 25.0 Å². The lowest BCUT2D eigenvalue weighted by atomic mass is 10.1. The molecule has 0 radical (unpaired) electrons. The van der Waals surface area contributed by atoms with Gasteiger partial charge in [0, 0.05) is 35.8 Å². The number of carbonyl (C=O) groups excluding carboxylic acids is 1. The normalized spacial score (nSPS) is 12.9. The number of benzene rings is 3. The molecule has 2 heterocycles. The van der Waals surface area contributed by atoms with Crippen molar-refractivity contribution in [3.63, 3.8) is 0 Å². The fourth-order valence-electron chi connectivity index (χ4n) is 4.04. The Hall–Kier alpha value is -4.77. The number of rotatable bonds is 7. The molecule has 8 heteroatoms. The molecule has 0 unspecified atom stereocenters. The van der Waals surface area contributed by atoms with Gasteiger partial charge in [-0.3, -0.25) is 0 Å². The van der Waals surface area contributed by atoms with Crippen molar-refractivity contribution >= 4 is 34.2 Å². The summed E-state index contributed by atoms with van der Waals surface area (Å²) in [6, 6.07) is 21.1. The molecular formula is C28H25N5O3. The Morgan fingerprint density at radius 3 is 2.72 bits per heavy atom. The maximum atomic E-state index is 12.4. The Morgan fingerprint density at radius 2 is 1.94 bits per heavy atom. The number of fused-ring (bicyclic) bond motifs is 1. The zero-order valence-electron chi connectivity index (χ0n) is 19.8. The lowest BCUT2D eigenvalue weighted by molar-refractivity contribution is 0.0705. The minimum absolute atomic E-state index is 0.0639. The molecule has 8 nitrogen and oxygen atoms in total. The number of amides is 1. The summed E-state index contributed by atoms with van der Waals surface area (Å²) in [5.41, 5.74) is 4.10. The van der Waals surface area contributed by atoms with Gasteiger partial charge in [-0.2, -0.15) is 0 Å². The summed E-state index contributed by atoms with van der Waals surface area (Å²) in [6.07, 6.45) is 6.72. The number of aromatic nitrogens is 2. The number of nitrogens with one attached hydrogen (secondary N) is 2. The molecule has 0 spiro atoms. The summed E-state index contributed by atoms with van der Waals surface area (Å²) in [4.78, 5) is 22.9. The molecule has 1 aliphatic heterocycles. The van der Waals surface area contributed by atoms with E-state index >= 15 is 0 Å². The Balaban J connectivity index is 1.28. The highest BCUT2D eigenvalue weighted by Crippen LogP contribution is 2.34. The van der Waals surface area contributed by atoms with Crippen LogP contribution in [0.1, 0.15) is 11.1 Å². The van der Waals surface area contributed by atoms with Gasteiger partial charge >= 0.3 is 6.09 Å². The maximum absolute atomic E-state index is 12.4. The summed E-state index contributed by atoms with van der Waals surface area (Å²) in [6.45, 7) is 1.32. The van der Waals surface area contributed by atoms with Gasteiger partial charge in [-0.1, -0.05) is 42.3 Å². The first-order chi connectivity index (χ1) is 17.6. The average molecular weight is 480 g/mol. The maximum Gasteiger partial charge on any atom is 0.410 e. The lowest BCUT2D eigenvalue weighted by Crippen LogP contribution is -2.57. The first-order valence-corrected chi connectivity index (χ1v) is 11.5. The molecule has 3 aromatic carbocycles. The van der Waals surface area contributed by atoms with E-state index in [1.165, 1.54) is 6.33 Å². The number of ether oxygens (including phenoxy) is 2. The molecule has 1 aliphatic rings. The van der Waals surface area contributed by atoms with Crippen LogP contribution < -0.4 is 15.4 Å². The van der Waals surface area contributed by atoms with Crippen LogP contribution in [0, 0.1) is 12.3 Å². The Bertz CT molecular complexity index is 1430. The highest BCUT2D eigenvalue weighted by Gasteiger charge is 2.32. The predicted octanol–water partition coefficient (Wildman–Crippen LogP) is 4.80. The third-order valence-electron chi connectivity index (χ3n) is 5.95. The van der Waals surface area contributed by atoms with E-state index in [4.69, 9.17) is 15.9 Å². The second-order valence-electron chi connectivity index (χ2n) is 8.43. The van der Waals surface area contributed by atoms with Crippen molar-refractivity contribution in [1.82, 2.24) is 14.9 Å². The molecule has 2 N–H and O–H groups in total. The zero-order valence-corrected chi connectivity index (χ0v) is 19.8. The van der Waals surface area contributed by atoms with E-state index in [0.717, 1.165) is 33.4 Å². The molecule has 1 fully saturated rings. The van der Waals surface area contributed by atoms with Crippen molar-refractivity contribution in [2.75, 3.05) is 30.8 Å². The molecule has 1 saturated heterocycles. The third-order valence-corrected chi connectivity index (χ3v) is 5.95. The fraction of sp³-hybridized carbons (Fsp3) is 0.179. The number of likely N-dealkylation sites (tertiary alicyclic amines) is 1. The molecule has 1 aromatic heterocycles. The first kappa shape index (κ1) is 23.0. The van der Waals surface area contributed by atoms with E-state index in [9.17, 15) is 4.79 Å². The molecule has 5 rings (SSSR count). The second kappa shape index (κ2) is 10.2. The first-order valence-electron chi connectivity index (χ1n) is 11.5. The van der Waals surface area contributed by atoms with Crippen LogP contribution >= 0.6 is 0 Å². The topological polar surface area (TPSA) is 88.6 Å². The zero-order chi connectivity index (χ0) is 24.9. The SMILES string of the molecule is C#Cc1cccc(Nc2ncnc3cc(OC)c(NC4CN(C(=O)OCc5ccccc5)C4)cc23)c1. The third kappa shape index (κ3) is 5.00. The van der Waals surface area contributed by atoms with Crippen LogP contribution in [0.5, 0.6) is 5.75 Å². The standard InChI is InChI=1S/C28H25N5O3/c1-3-19-10-7-11-21(12-19)32-27-23-13-25(26(35-2)14-24(23)29-18-30-27)31-22-15-33(16-22)28(34)36-17-20-8-5-4-6-9-20/h1,4-14,18,22,31H,15-17H2,2H3,(H,29,30,32).